The van der Waals surface area contributed by atoms with Crippen LogP contribution < -0.4 is 11.5 Å². The lowest BCUT2D eigenvalue weighted by molar-refractivity contribution is 1.27. The highest BCUT2D eigenvalue weighted by Crippen LogP contribution is 2.28. The Labute approximate surface area is 101 Å². The molecule has 2 aromatic rings. The van der Waals surface area contributed by atoms with Crippen molar-refractivity contribution in [2.45, 2.75) is 6.92 Å². The van der Waals surface area contributed by atoms with Crippen LogP contribution >= 0.6 is 12.4 Å². The number of nitrogen functional groups attached to an aromatic ring is 2. The summed E-state index contributed by atoms with van der Waals surface area (Å²) in [6.45, 7) is 2.00. The van der Waals surface area contributed by atoms with Crippen LogP contribution in [0.15, 0.2) is 36.5 Å². The molecule has 0 aliphatic rings. The fourth-order valence-corrected chi connectivity index (χ4v) is 1.55. The minimum atomic E-state index is 0. The van der Waals surface area contributed by atoms with Crippen LogP contribution in [0.3, 0.4) is 0 Å². The van der Waals surface area contributed by atoms with Crippen LogP contribution in [0, 0.1) is 6.92 Å². The van der Waals surface area contributed by atoms with Gasteiger partial charge in [0.2, 0.25) is 0 Å². The van der Waals surface area contributed by atoms with Gasteiger partial charge in [0.15, 0.2) is 0 Å². The molecule has 0 atom stereocenters. The van der Waals surface area contributed by atoms with Crippen molar-refractivity contribution >= 4 is 23.8 Å². The third-order valence-electron chi connectivity index (χ3n) is 2.34. The van der Waals surface area contributed by atoms with E-state index in [1.54, 1.807) is 18.3 Å². The molecule has 0 amide bonds. The van der Waals surface area contributed by atoms with Gasteiger partial charge in [-0.2, -0.15) is 0 Å². The van der Waals surface area contributed by atoms with Crippen LogP contribution in [0.5, 0.6) is 0 Å². The van der Waals surface area contributed by atoms with Gasteiger partial charge in [-0.25, -0.2) is 0 Å². The lowest BCUT2D eigenvalue weighted by atomic mass is 10.0. The number of rotatable bonds is 1. The number of aromatic nitrogens is 1. The van der Waals surface area contributed by atoms with Gasteiger partial charge >= 0.3 is 0 Å². The fourth-order valence-electron chi connectivity index (χ4n) is 1.55. The van der Waals surface area contributed by atoms with E-state index in [0.717, 1.165) is 16.8 Å². The second-order valence-electron chi connectivity index (χ2n) is 3.52. The summed E-state index contributed by atoms with van der Waals surface area (Å²) in [5, 5.41) is 0. The molecule has 0 fully saturated rings. The van der Waals surface area contributed by atoms with Crippen LogP contribution in [0.4, 0.5) is 11.4 Å². The number of nitrogens with two attached hydrogens (primary N) is 2. The van der Waals surface area contributed by atoms with E-state index in [2.05, 4.69) is 4.98 Å². The summed E-state index contributed by atoms with van der Waals surface area (Å²) in [5.74, 6) is 0. The van der Waals surface area contributed by atoms with Gasteiger partial charge in [-0.15, -0.1) is 12.4 Å². The lowest BCUT2D eigenvalue weighted by Crippen LogP contribution is -1.95. The minimum absolute atomic E-state index is 0. The Morgan fingerprint density at radius 2 is 1.88 bits per heavy atom. The number of hydrogen-bond donors (Lipinski definition) is 2. The number of anilines is 2. The van der Waals surface area contributed by atoms with Crippen molar-refractivity contribution in [2.75, 3.05) is 11.5 Å². The monoisotopic (exact) mass is 235 g/mol. The van der Waals surface area contributed by atoms with E-state index in [1.165, 1.54) is 0 Å². The summed E-state index contributed by atoms with van der Waals surface area (Å²) in [6, 6.07) is 9.35. The highest BCUT2D eigenvalue weighted by Gasteiger charge is 2.06. The lowest BCUT2D eigenvalue weighted by Gasteiger charge is -2.08. The predicted molar refractivity (Wildman–Crippen MR) is 70.5 cm³/mol. The largest absolute Gasteiger partial charge is 0.399 e. The highest BCUT2D eigenvalue weighted by atomic mass is 35.5. The van der Waals surface area contributed by atoms with E-state index in [1.807, 2.05) is 25.1 Å². The van der Waals surface area contributed by atoms with Crippen molar-refractivity contribution in [2.24, 2.45) is 0 Å². The van der Waals surface area contributed by atoms with Gasteiger partial charge in [-0.05, 0) is 36.8 Å². The van der Waals surface area contributed by atoms with Gasteiger partial charge in [0.25, 0.3) is 0 Å². The molecule has 3 nitrogen and oxygen atoms in total. The molecule has 0 spiro atoms. The van der Waals surface area contributed by atoms with Crippen molar-refractivity contribution in [1.82, 2.24) is 4.98 Å². The van der Waals surface area contributed by atoms with Crippen LogP contribution in [0.2, 0.25) is 0 Å². The summed E-state index contributed by atoms with van der Waals surface area (Å²) in [4.78, 5) is 4.31. The number of halogens is 1. The van der Waals surface area contributed by atoms with Gasteiger partial charge in [-0.3, -0.25) is 4.98 Å². The van der Waals surface area contributed by atoms with Gasteiger partial charge in [0.05, 0.1) is 5.69 Å². The molecular weight excluding hydrogens is 222 g/mol. The topological polar surface area (TPSA) is 64.9 Å². The van der Waals surface area contributed by atoms with Gasteiger partial charge in [0, 0.05) is 23.1 Å². The average molecular weight is 236 g/mol. The highest BCUT2D eigenvalue weighted by molar-refractivity contribution is 5.85. The average Bonchev–Trinajstić information content (AvgIpc) is 2.23. The molecule has 16 heavy (non-hydrogen) atoms. The number of aryl methyl sites for hydroxylation is 1. The maximum absolute atomic E-state index is 5.89. The number of hydrogen-bond acceptors (Lipinski definition) is 3. The molecule has 1 heterocycles. The molecular formula is C12H14ClN3. The molecule has 1 aromatic carbocycles. The Morgan fingerprint density at radius 1 is 1.12 bits per heavy atom. The summed E-state index contributed by atoms with van der Waals surface area (Å²) < 4.78 is 0. The smallest absolute Gasteiger partial charge is 0.0752 e. The van der Waals surface area contributed by atoms with Crippen molar-refractivity contribution < 1.29 is 0 Å². The van der Waals surface area contributed by atoms with Crippen molar-refractivity contribution in [1.29, 1.82) is 0 Å². The molecule has 2 rings (SSSR count). The first-order chi connectivity index (χ1) is 7.18. The van der Waals surface area contributed by atoms with Crippen LogP contribution in [0.25, 0.3) is 11.3 Å². The minimum Gasteiger partial charge on any atom is -0.399 e. The maximum Gasteiger partial charge on any atom is 0.0752 e. The molecule has 1 aromatic heterocycles. The molecule has 0 saturated heterocycles. The Hall–Kier alpha value is -1.74. The number of pyridine rings is 1. The molecule has 0 saturated carbocycles. The van der Waals surface area contributed by atoms with E-state index < -0.39 is 0 Å². The second-order valence-corrected chi connectivity index (χ2v) is 3.52. The molecule has 4 N–H and O–H groups in total. The normalized spacial score (nSPS) is 9.56. The molecule has 0 aliphatic carbocycles. The third-order valence-corrected chi connectivity index (χ3v) is 2.34. The molecule has 0 bridgehead atoms. The first kappa shape index (κ1) is 12.3. The zero-order valence-corrected chi connectivity index (χ0v) is 9.79. The van der Waals surface area contributed by atoms with Gasteiger partial charge < -0.3 is 11.5 Å². The summed E-state index contributed by atoms with van der Waals surface area (Å²) in [7, 11) is 0. The molecule has 0 radical (unpaired) electrons. The first-order valence-corrected chi connectivity index (χ1v) is 4.75. The van der Waals surface area contributed by atoms with Crippen molar-refractivity contribution in [3.8, 4) is 11.3 Å². The molecule has 4 heteroatoms. The third kappa shape index (κ3) is 2.25. The van der Waals surface area contributed by atoms with Crippen molar-refractivity contribution in [3.63, 3.8) is 0 Å². The zero-order valence-electron chi connectivity index (χ0n) is 8.97. The van der Waals surface area contributed by atoms with Crippen LogP contribution in [-0.4, -0.2) is 4.98 Å². The number of nitrogens with zero attached hydrogens (tertiary/aromatic N) is 1. The standard InChI is InChI=1S/C12H13N3.ClH/c1-8-3-2-6-15-12(8)10-7-9(13)4-5-11(10)14;/h2-7H,13-14H2,1H3;1H. The fraction of sp³-hybridized carbons (Fsp3) is 0.0833. The Kier molecular flexibility index (Phi) is 3.74. The van der Waals surface area contributed by atoms with Crippen molar-refractivity contribution in [3.05, 3.63) is 42.1 Å². The Balaban J connectivity index is 0.00000128. The Bertz CT molecular complexity index is 497. The van der Waals surface area contributed by atoms with E-state index >= 15 is 0 Å². The quantitative estimate of drug-likeness (QED) is 0.747. The Morgan fingerprint density at radius 3 is 2.56 bits per heavy atom. The van der Waals surface area contributed by atoms with Gasteiger partial charge in [0.1, 0.15) is 0 Å². The summed E-state index contributed by atoms with van der Waals surface area (Å²) >= 11 is 0. The van der Waals surface area contributed by atoms with E-state index in [-0.39, 0.29) is 12.4 Å². The van der Waals surface area contributed by atoms with E-state index in [4.69, 9.17) is 11.5 Å². The summed E-state index contributed by atoms with van der Waals surface area (Å²) in [5.41, 5.74) is 15.9. The van der Waals surface area contributed by atoms with E-state index in [0.29, 0.717) is 11.4 Å². The SMILES string of the molecule is Cc1cccnc1-c1cc(N)ccc1N.Cl. The number of benzene rings is 1. The van der Waals surface area contributed by atoms with Crippen LogP contribution in [-0.2, 0) is 0 Å². The maximum atomic E-state index is 5.89. The zero-order chi connectivity index (χ0) is 10.8. The second kappa shape index (κ2) is 4.86. The molecule has 0 aliphatic heterocycles. The van der Waals surface area contributed by atoms with E-state index in [9.17, 15) is 0 Å². The van der Waals surface area contributed by atoms with Crippen LogP contribution in [0.1, 0.15) is 5.56 Å². The molecule has 0 unspecified atom stereocenters. The predicted octanol–water partition coefficient (Wildman–Crippen LogP) is 2.64. The first-order valence-electron chi connectivity index (χ1n) is 4.75. The molecule has 84 valence electrons. The summed E-state index contributed by atoms with van der Waals surface area (Å²) in [6.07, 6.45) is 1.75. The van der Waals surface area contributed by atoms with Gasteiger partial charge in [-0.1, -0.05) is 6.07 Å².